The van der Waals surface area contributed by atoms with E-state index in [0.717, 1.165) is 34.9 Å². The zero-order chi connectivity index (χ0) is 21.0. The third-order valence-corrected chi connectivity index (χ3v) is 5.46. The Morgan fingerprint density at radius 1 is 1.10 bits per heavy atom. The molecule has 1 fully saturated rings. The highest BCUT2D eigenvalue weighted by atomic mass is 32.1. The van der Waals surface area contributed by atoms with E-state index in [-0.39, 0.29) is 24.7 Å². The van der Waals surface area contributed by atoms with Crippen molar-refractivity contribution in [3.05, 3.63) is 59.2 Å². The largest absolute Gasteiger partial charge is 0.484 e. The number of nitrogens with zero attached hydrogens (tertiary/aromatic N) is 1. The standard InChI is InChI=1S/C23H28N2O3S/c1-15-5-8-20(11-16(15)2)24-22(26)14-27-21-9-6-19(7-10-21)23(29)25-12-17(3)28-18(4)13-25/h5-11,17-18H,12-14H2,1-4H3,(H,24,26)/t17-,18-/m0/s1. The van der Waals surface area contributed by atoms with Gasteiger partial charge in [0, 0.05) is 24.3 Å². The number of morpholine rings is 1. The Morgan fingerprint density at radius 3 is 2.38 bits per heavy atom. The minimum Gasteiger partial charge on any atom is -0.484 e. The lowest BCUT2D eigenvalue weighted by molar-refractivity contribution is -0.118. The van der Waals surface area contributed by atoms with Crippen LogP contribution in [0.5, 0.6) is 5.75 Å². The van der Waals surface area contributed by atoms with Gasteiger partial charge in [0.2, 0.25) is 0 Å². The number of amides is 1. The number of aryl methyl sites for hydroxylation is 2. The first-order valence-corrected chi connectivity index (χ1v) is 10.3. The monoisotopic (exact) mass is 412 g/mol. The van der Waals surface area contributed by atoms with Crippen LogP contribution in [-0.2, 0) is 9.53 Å². The molecule has 0 saturated carbocycles. The predicted molar refractivity (Wildman–Crippen MR) is 120 cm³/mol. The van der Waals surface area contributed by atoms with Crippen LogP contribution in [0.4, 0.5) is 5.69 Å². The first kappa shape index (κ1) is 21.3. The summed E-state index contributed by atoms with van der Waals surface area (Å²) < 4.78 is 11.4. The summed E-state index contributed by atoms with van der Waals surface area (Å²) in [6, 6.07) is 13.4. The smallest absolute Gasteiger partial charge is 0.262 e. The molecule has 1 aliphatic rings. The van der Waals surface area contributed by atoms with Gasteiger partial charge in [-0.05, 0) is 75.2 Å². The quantitative estimate of drug-likeness (QED) is 0.749. The number of anilines is 1. The van der Waals surface area contributed by atoms with Crippen molar-refractivity contribution in [1.29, 1.82) is 0 Å². The molecular weight excluding hydrogens is 384 g/mol. The van der Waals surface area contributed by atoms with Gasteiger partial charge in [0.05, 0.1) is 12.2 Å². The van der Waals surface area contributed by atoms with Crippen LogP contribution < -0.4 is 10.1 Å². The zero-order valence-electron chi connectivity index (χ0n) is 17.4. The summed E-state index contributed by atoms with van der Waals surface area (Å²) in [4.78, 5) is 15.1. The highest BCUT2D eigenvalue weighted by molar-refractivity contribution is 7.80. The van der Waals surface area contributed by atoms with Gasteiger partial charge < -0.3 is 19.7 Å². The summed E-state index contributed by atoms with van der Waals surface area (Å²) in [5, 5.41) is 2.86. The summed E-state index contributed by atoms with van der Waals surface area (Å²) in [6.07, 6.45) is 0.324. The van der Waals surface area contributed by atoms with E-state index in [9.17, 15) is 4.79 Å². The lowest BCUT2D eigenvalue weighted by atomic mass is 10.1. The van der Waals surface area contributed by atoms with E-state index in [1.54, 1.807) is 0 Å². The van der Waals surface area contributed by atoms with Crippen LogP contribution in [0.1, 0.15) is 30.5 Å². The molecule has 0 spiro atoms. The van der Waals surface area contributed by atoms with E-state index >= 15 is 0 Å². The summed E-state index contributed by atoms with van der Waals surface area (Å²) in [5.41, 5.74) is 4.07. The number of thiocarbonyl (C=S) groups is 1. The number of rotatable bonds is 5. The molecule has 2 aromatic carbocycles. The number of carbonyl (C=O) groups excluding carboxylic acids is 1. The lowest BCUT2D eigenvalue weighted by Crippen LogP contribution is -2.47. The maximum atomic E-state index is 12.1. The first-order chi connectivity index (χ1) is 13.8. The number of hydrogen-bond acceptors (Lipinski definition) is 4. The van der Waals surface area contributed by atoms with Crippen LogP contribution in [-0.4, -0.2) is 47.7 Å². The molecule has 1 saturated heterocycles. The van der Waals surface area contributed by atoms with Gasteiger partial charge in [-0.1, -0.05) is 18.3 Å². The molecule has 154 valence electrons. The lowest BCUT2D eigenvalue weighted by Gasteiger charge is -2.37. The Labute approximate surface area is 178 Å². The third-order valence-electron chi connectivity index (χ3n) is 4.97. The van der Waals surface area contributed by atoms with Gasteiger partial charge in [0.15, 0.2) is 6.61 Å². The molecule has 2 atom stereocenters. The van der Waals surface area contributed by atoms with E-state index in [1.165, 1.54) is 5.56 Å². The van der Waals surface area contributed by atoms with Crippen molar-refractivity contribution >= 4 is 28.8 Å². The number of benzene rings is 2. The van der Waals surface area contributed by atoms with Crippen LogP contribution in [0.25, 0.3) is 0 Å². The molecule has 0 aromatic heterocycles. The topological polar surface area (TPSA) is 50.8 Å². The van der Waals surface area contributed by atoms with Crippen molar-refractivity contribution in [3.63, 3.8) is 0 Å². The molecule has 0 unspecified atom stereocenters. The molecule has 1 N–H and O–H groups in total. The van der Waals surface area contributed by atoms with Gasteiger partial charge in [-0.25, -0.2) is 0 Å². The average molecular weight is 413 g/mol. The molecule has 1 amide bonds. The molecule has 0 bridgehead atoms. The van der Waals surface area contributed by atoms with E-state index in [1.807, 2.05) is 56.3 Å². The molecular formula is C23H28N2O3S. The molecule has 0 aliphatic carbocycles. The van der Waals surface area contributed by atoms with Crippen LogP contribution in [0.3, 0.4) is 0 Å². The normalized spacial score (nSPS) is 19.0. The predicted octanol–water partition coefficient (Wildman–Crippen LogP) is 4.11. The van der Waals surface area contributed by atoms with E-state index in [2.05, 4.69) is 24.1 Å². The van der Waals surface area contributed by atoms with Crippen molar-refractivity contribution in [2.75, 3.05) is 25.0 Å². The van der Waals surface area contributed by atoms with Crippen LogP contribution in [0.2, 0.25) is 0 Å². The number of carbonyl (C=O) groups is 1. The average Bonchev–Trinajstić information content (AvgIpc) is 2.68. The Hall–Kier alpha value is -2.44. The van der Waals surface area contributed by atoms with Crippen molar-refractivity contribution in [2.24, 2.45) is 0 Å². The maximum absolute atomic E-state index is 12.1. The SMILES string of the molecule is Cc1ccc(NC(=O)COc2ccc(C(=S)N3C[C@H](C)O[C@@H](C)C3)cc2)cc1C. The maximum Gasteiger partial charge on any atom is 0.262 e. The molecule has 1 heterocycles. The van der Waals surface area contributed by atoms with Crippen LogP contribution >= 0.6 is 12.2 Å². The molecule has 29 heavy (non-hydrogen) atoms. The van der Waals surface area contributed by atoms with Crippen molar-refractivity contribution in [1.82, 2.24) is 4.90 Å². The molecule has 1 aliphatic heterocycles. The summed E-state index contributed by atoms with van der Waals surface area (Å²) in [6.45, 7) is 9.72. The fourth-order valence-corrected chi connectivity index (χ4v) is 3.67. The highest BCUT2D eigenvalue weighted by Crippen LogP contribution is 2.18. The third kappa shape index (κ3) is 5.78. The van der Waals surface area contributed by atoms with Crippen molar-refractivity contribution in [2.45, 2.75) is 39.9 Å². The molecule has 6 heteroatoms. The zero-order valence-corrected chi connectivity index (χ0v) is 18.2. The minimum absolute atomic E-state index is 0.0464. The second-order valence-electron chi connectivity index (χ2n) is 7.63. The van der Waals surface area contributed by atoms with E-state index < -0.39 is 0 Å². The summed E-state index contributed by atoms with van der Waals surface area (Å²) in [5.74, 6) is 0.444. The second-order valence-corrected chi connectivity index (χ2v) is 8.01. The molecule has 2 aromatic rings. The fourth-order valence-electron chi connectivity index (χ4n) is 3.39. The van der Waals surface area contributed by atoms with E-state index in [4.69, 9.17) is 21.7 Å². The molecule has 0 radical (unpaired) electrons. The second kappa shape index (κ2) is 9.37. The van der Waals surface area contributed by atoms with Gasteiger partial charge in [-0.2, -0.15) is 0 Å². The van der Waals surface area contributed by atoms with Gasteiger partial charge in [-0.3, -0.25) is 4.79 Å². The number of ether oxygens (including phenoxy) is 2. The first-order valence-electron chi connectivity index (χ1n) is 9.86. The Balaban J connectivity index is 1.53. The highest BCUT2D eigenvalue weighted by Gasteiger charge is 2.24. The summed E-state index contributed by atoms with van der Waals surface area (Å²) >= 11 is 5.65. The van der Waals surface area contributed by atoms with Crippen LogP contribution in [0.15, 0.2) is 42.5 Å². The number of nitrogens with one attached hydrogen (secondary N) is 1. The Morgan fingerprint density at radius 2 is 1.76 bits per heavy atom. The van der Waals surface area contributed by atoms with Gasteiger partial charge in [-0.15, -0.1) is 0 Å². The van der Waals surface area contributed by atoms with Crippen LogP contribution in [0, 0.1) is 13.8 Å². The summed E-state index contributed by atoms with van der Waals surface area (Å²) in [7, 11) is 0. The Bertz CT molecular complexity index is 872. The van der Waals surface area contributed by atoms with Crippen molar-refractivity contribution in [3.8, 4) is 5.75 Å². The minimum atomic E-state index is -0.191. The molecule has 5 nitrogen and oxygen atoms in total. The van der Waals surface area contributed by atoms with Gasteiger partial charge in [0.1, 0.15) is 10.7 Å². The van der Waals surface area contributed by atoms with Gasteiger partial charge >= 0.3 is 0 Å². The molecule has 3 rings (SSSR count). The fraction of sp³-hybridized carbons (Fsp3) is 0.391. The van der Waals surface area contributed by atoms with E-state index in [0.29, 0.717) is 5.75 Å². The Kier molecular flexibility index (Phi) is 6.87. The number of hydrogen-bond donors (Lipinski definition) is 1. The van der Waals surface area contributed by atoms with Crippen molar-refractivity contribution < 1.29 is 14.3 Å². The van der Waals surface area contributed by atoms with Gasteiger partial charge in [0.25, 0.3) is 5.91 Å².